The Morgan fingerprint density at radius 1 is 1.03 bits per heavy atom. The number of aliphatic imine (C=N–C) groups is 1. The van der Waals surface area contributed by atoms with Crippen LogP contribution in [0.3, 0.4) is 0 Å². The summed E-state index contributed by atoms with van der Waals surface area (Å²) >= 11 is 0. The van der Waals surface area contributed by atoms with Crippen molar-refractivity contribution in [1.82, 2.24) is 15.5 Å². The molecule has 1 fully saturated rings. The molecule has 0 bridgehead atoms. The fraction of sp³-hybridized carbons (Fsp3) is 0.333. The van der Waals surface area contributed by atoms with Gasteiger partial charge in [-0.05, 0) is 43.0 Å². The van der Waals surface area contributed by atoms with E-state index in [0.29, 0.717) is 18.7 Å². The molecule has 0 radical (unpaired) electrons. The Morgan fingerprint density at radius 3 is 2.34 bits per heavy atom. The van der Waals surface area contributed by atoms with Gasteiger partial charge in [-0.1, -0.05) is 54.1 Å². The Balaban J connectivity index is 1.51. The summed E-state index contributed by atoms with van der Waals surface area (Å²) in [6.45, 7) is 5.17. The number of guanidine groups is 1. The van der Waals surface area contributed by atoms with Crippen molar-refractivity contribution in [2.45, 2.75) is 26.3 Å². The van der Waals surface area contributed by atoms with Crippen molar-refractivity contribution in [1.29, 1.82) is 0 Å². The second kappa shape index (κ2) is 10.5. The molecule has 29 heavy (non-hydrogen) atoms. The number of carbonyl (C=O) groups excluding carboxylic acids is 1. The fourth-order valence-electron chi connectivity index (χ4n) is 3.49. The Hall–Kier alpha value is -3.08. The topological polar surface area (TPSA) is 56.7 Å². The fourth-order valence-corrected chi connectivity index (χ4v) is 3.49. The van der Waals surface area contributed by atoms with Crippen LogP contribution in [0.15, 0.2) is 65.2 Å². The van der Waals surface area contributed by atoms with E-state index in [0.717, 1.165) is 37.5 Å². The maximum atomic E-state index is 11.9. The first kappa shape index (κ1) is 20.6. The summed E-state index contributed by atoms with van der Waals surface area (Å²) in [5, 5.41) is 6.27. The number of carbonyl (C=O) groups is 1. The summed E-state index contributed by atoms with van der Waals surface area (Å²) in [5.74, 6) is 0.895. The quantitative estimate of drug-likeness (QED) is 0.605. The molecule has 1 aliphatic rings. The van der Waals surface area contributed by atoms with Crippen molar-refractivity contribution < 1.29 is 4.79 Å². The van der Waals surface area contributed by atoms with E-state index in [4.69, 9.17) is 0 Å². The predicted molar refractivity (Wildman–Crippen MR) is 120 cm³/mol. The molecule has 0 atom stereocenters. The van der Waals surface area contributed by atoms with Crippen LogP contribution in [0.1, 0.15) is 41.3 Å². The highest BCUT2D eigenvalue weighted by Crippen LogP contribution is 2.19. The van der Waals surface area contributed by atoms with Gasteiger partial charge in [0.15, 0.2) is 5.96 Å². The van der Waals surface area contributed by atoms with Gasteiger partial charge in [-0.25, -0.2) is 0 Å². The van der Waals surface area contributed by atoms with Gasteiger partial charge in [0.25, 0.3) is 5.91 Å². The van der Waals surface area contributed by atoms with Gasteiger partial charge in [0.2, 0.25) is 0 Å². The van der Waals surface area contributed by atoms with Gasteiger partial charge in [0.1, 0.15) is 0 Å². The molecular formula is C24H30N4O. The summed E-state index contributed by atoms with van der Waals surface area (Å²) < 4.78 is 0. The summed E-state index contributed by atoms with van der Waals surface area (Å²) in [4.78, 5) is 18.6. The lowest BCUT2D eigenvalue weighted by molar-refractivity contribution is 0.0956. The molecule has 0 aliphatic carbocycles. The second-order valence-corrected chi connectivity index (χ2v) is 7.16. The molecule has 5 nitrogen and oxygen atoms in total. The highest BCUT2D eigenvalue weighted by atomic mass is 16.1. The third-order valence-electron chi connectivity index (χ3n) is 5.09. The van der Waals surface area contributed by atoms with Crippen molar-refractivity contribution in [3.8, 4) is 0 Å². The Labute approximate surface area is 173 Å². The largest absolute Gasteiger partial charge is 0.352 e. The molecule has 1 heterocycles. The summed E-state index contributed by atoms with van der Waals surface area (Å²) in [7, 11) is 1.83. The third-order valence-corrected chi connectivity index (χ3v) is 5.09. The third kappa shape index (κ3) is 5.95. The maximum Gasteiger partial charge on any atom is 0.251 e. The summed E-state index contributed by atoms with van der Waals surface area (Å²) in [6.07, 6.45) is 4.41. The lowest BCUT2D eigenvalue weighted by Crippen LogP contribution is -2.44. The van der Waals surface area contributed by atoms with E-state index in [1.807, 2.05) is 44.3 Å². The van der Waals surface area contributed by atoms with E-state index in [1.54, 1.807) is 0 Å². The number of rotatable bonds is 5. The highest BCUT2D eigenvalue weighted by molar-refractivity contribution is 5.94. The van der Waals surface area contributed by atoms with Crippen molar-refractivity contribution in [2.24, 2.45) is 4.99 Å². The number of hydrogen-bond acceptors (Lipinski definition) is 2. The summed E-state index contributed by atoms with van der Waals surface area (Å²) in [5.41, 5.74) is 4.58. The standard InChI is InChI=1S/C24H30N4O/c1-3-26-23(29)22-11-9-21(10-12-22)18-27-24(25-2)28-15-13-20(14-16-28)17-19-7-5-4-6-8-19/h4-12,17H,3,13-16,18H2,1-2H3,(H,25,27)(H,26,29). The molecule has 0 saturated carbocycles. The number of piperidine rings is 1. The molecule has 3 rings (SSSR count). The van der Waals surface area contributed by atoms with E-state index in [9.17, 15) is 4.79 Å². The van der Waals surface area contributed by atoms with E-state index in [1.165, 1.54) is 11.1 Å². The minimum atomic E-state index is -0.0319. The van der Waals surface area contributed by atoms with Crippen molar-refractivity contribution in [2.75, 3.05) is 26.7 Å². The monoisotopic (exact) mass is 390 g/mol. The van der Waals surface area contributed by atoms with Crippen LogP contribution in [0, 0.1) is 0 Å². The van der Waals surface area contributed by atoms with E-state index in [2.05, 4.69) is 50.9 Å². The van der Waals surface area contributed by atoms with Gasteiger partial charge < -0.3 is 15.5 Å². The molecule has 5 heteroatoms. The van der Waals surface area contributed by atoms with Crippen LogP contribution in [0.25, 0.3) is 6.08 Å². The number of likely N-dealkylation sites (tertiary alicyclic amines) is 1. The Morgan fingerprint density at radius 2 is 1.72 bits per heavy atom. The zero-order chi connectivity index (χ0) is 20.5. The molecule has 1 amide bonds. The van der Waals surface area contributed by atoms with Crippen LogP contribution in [-0.4, -0.2) is 43.4 Å². The molecule has 1 aliphatic heterocycles. The average Bonchev–Trinajstić information content (AvgIpc) is 2.76. The molecule has 0 unspecified atom stereocenters. The van der Waals surface area contributed by atoms with Crippen LogP contribution in [-0.2, 0) is 6.54 Å². The van der Waals surface area contributed by atoms with Gasteiger partial charge in [-0.2, -0.15) is 0 Å². The SMILES string of the molecule is CCNC(=O)c1ccc(CNC(=NC)N2CCC(=Cc3ccccc3)CC2)cc1. The Kier molecular flexibility index (Phi) is 7.45. The molecule has 0 aromatic heterocycles. The van der Waals surface area contributed by atoms with Crippen LogP contribution in [0.5, 0.6) is 0 Å². The van der Waals surface area contributed by atoms with Crippen molar-refractivity contribution >= 4 is 17.9 Å². The zero-order valence-corrected chi connectivity index (χ0v) is 17.3. The summed E-state index contributed by atoms with van der Waals surface area (Å²) in [6, 6.07) is 18.2. The minimum absolute atomic E-state index is 0.0319. The molecule has 2 aromatic carbocycles. The van der Waals surface area contributed by atoms with Crippen molar-refractivity contribution in [3.05, 3.63) is 76.9 Å². The van der Waals surface area contributed by atoms with Gasteiger partial charge in [0.05, 0.1) is 0 Å². The first-order chi connectivity index (χ1) is 14.2. The number of nitrogens with zero attached hydrogens (tertiary/aromatic N) is 2. The zero-order valence-electron chi connectivity index (χ0n) is 17.3. The molecular weight excluding hydrogens is 360 g/mol. The van der Waals surface area contributed by atoms with Gasteiger partial charge >= 0.3 is 0 Å². The van der Waals surface area contributed by atoms with Crippen LogP contribution < -0.4 is 10.6 Å². The predicted octanol–water partition coefficient (Wildman–Crippen LogP) is 3.69. The first-order valence-electron chi connectivity index (χ1n) is 10.3. The van der Waals surface area contributed by atoms with Crippen molar-refractivity contribution in [3.63, 3.8) is 0 Å². The van der Waals surface area contributed by atoms with Gasteiger partial charge in [-0.15, -0.1) is 0 Å². The lowest BCUT2D eigenvalue weighted by Gasteiger charge is -2.31. The second-order valence-electron chi connectivity index (χ2n) is 7.16. The van der Waals surface area contributed by atoms with Crippen LogP contribution in [0.4, 0.5) is 0 Å². The van der Waals surface area contributed by atoms with E-state index < -0.39 is 0 Å². The minimum Gasteiger partial charge on any atom is -0.352 e. The van der Waals surface area contributed by atoms with E-state index >= 15 is 0 Å². The highest BCUT2D eigenvalue weighted by Gasteiger charge is 2.17. The lowest BCUT2D eigenvalue weighted by atomic mass is 10.0. The number of amides is 1. The number of benzene rings is 2. The Bertz CT molecular complexity index is 846. The normalized spacial score (nSPS) is 14.5. The first-order valence-corrected chi connectivity index (χ1v) is 10.3. The maximum absolute atomic E-state index is 11.9. The number of hydrogen-bond donors (Lipinski definition) is 2. The van der Waals surface area contributed by atoms with E-state index in [-0.39, 0.29) is 5.91 Å². The molecule has 1 saturated heterocycles. The molecule has 2 N–H and O–H groups in total. The molecule has 2 aromatic rings. The van der Waals surface area contributed by atoms with Crippen LogP contribution >= 0.6 is 0 Å². The molecule has 0 spiro atoms. The van der Waals surface area contributed by atoms with Crippen LogP contribution in [0.2, 0.25) is 0 Å². The van der Waals surface area contributed by atoms with Gasteiger partial charge in [-0.3, -0.25) is 9.79 Å². The average molecular weight is 391 g/mol. The number of nitrogens with one attached hydrogen (secondary N) is 2. The van der Waals surface area contributed by atoms with Gasteiger partial charge in [0, 0.05) is 38.8 Å². The smallest absolute Gasteiger partial charge is 0.251 e. The molecule has 152 valence electrons.